The van der Waals surface area contributed by atoms with E-state index in [1.54, 1.807) is 6.33 Å². The fourth-order valence-electron chi connectivity index (χ4n) is 6.36. The van der Waals surface area contributed by atoms with Crippen LogP contribution in [0.1, 0.15) is 53.0 Å². The van der Waals surface area contributed by atoms with Crippen LogP contribution in [0.2, 0.25) is 0 Å². The molecule has 3 atom stereocenters. The van der Waals surface area contributed by atoms with Crippen molar-refractivity contribution in [3.63, 3.8) is 0 Å². The summed E-state index contributed by atoms with van der Waals surface area (Å²) in [6.45, 7) is 12.0. The van der Waals surface area contributed by atoms with Gasteiger partial charge in [0, 0.05) is 24.8 Å². The maximum atomic E-state index is 12.5. The van der Waals surface area contributed by atoms with Crippen LogP contribution in [0.3, 0.4) is 0 Å². The van der Waals surface area contributed by atoms with Crippen LogP contribution in [0.25, 0.3) is 11.2 Å². The van der Waals surface area contributed by atoms with Crippen molar-refractivity contribution in [2.24, 2.45) is 5.92 Å². The van der Waals surface area contributed by atoms with Crippen LogP contribution in [0.4, 0.5) is 16.3 Å². The summed E-state index contributed by atoms with van der Waals surface area (Å²) in [5.41, 5.74) is 8.36. The van der Waals surface area contributed by atoms with Crippen molar-refractivity contribution in [3.05, 3.63) is 42.5 Å². The standard InChI is InChI=1S/C30H42N8O4/c1-28(2,3)19-7-9-20(10-8-19)36-27(39)32-13-18-11-21(12-18)37(6)14-22-24-30(15-40-22,42-29(4,5)41-24)38-17-35-23-25(31)33-16-34-26(23)38/h7-10,16-18,21-22,24H,11-15H2,1-6H3,(H2,31,33,34)(H2,32,36,39)/t18?,21?,22-,24-,30-/m1/s1. The molecule has 2 aromatic heterocycles. The number of carbonyl (C=O) groups excluding carboxylic acids is 1. The van der Waals surface area contributed by atoms with Crippen molar-refractivity contribution < 1.29 is 19.0 Å². The third kappa shape index (κ3) is 5.32. The van der Waals surface area contributed by atoms with Crippen molar-refractivity contribution in [2.45, 2.75) is 82.6 Å². The molecule has 12 nitrogen and oxygen atoms in total. The molecule has 4 N–H and O–H groups in total. The van der Waals surface area contributed by atoms with Gasteiger partial charge in [-0.1, -0.05) is 32.9 Å². The summed E-state index contributed by atoms with van der Waals surface area (Å²) in [6.07, 6.45) is 4.56. The molecule has 4 heterocycles. The molecule has 6 rings (SSSR count). The lowest BCUT2D eigenvalue weighted by Crippen LogP contribution is -2.51. The van der Waals surface area contributed by atoms with Crippen LogP contribution >= 0.6 is 0 Å². The molecule has 2 aliphatic heterocycles. The van der Waals surface area contributed by atoms with E-state index in [1.807, 2.05) is 30.5 Å². The molecule has 0 spiro atoms. The fourth-order valence-corrected chi connectivity index (χ4v) is 6.36. The van der Waals surface area contributed by atoms with Gasteiger partial charge in [-0.3, -0.25) is 4.57 Å². The van der Waals surface area contributed by atoms with Gasteiger partial charge in [0.25, 0.3) is 0 Å². The number of nitrogens with one attached hydrogen (secondary N) is 2. The zero-order valence-corrected chi connectivity index (χ0v) is 25.3. The molecular formula is C30H42N8O4. The van der Waals surface area contributed by atoms with Crippen LogP contribution in [0, 0.1) is 5.92 Å². The third-order valence-corrected chi connectivity index (χ3v) is 8.75. The number of fused-ring (bicyclic) bond motifs is 2. The molecule has 3 aromatic rings. The number of amides is 2. The zero-order valence-electron chi connectivity index (χ0n) is 25.3. The van der Waals surface area contributed by atoms with Gasteiger partial charge in [0.1, 0.15) is 24.1 Å². The number of nitrogens with two attached hydrogens (primary N) is 1. The van der Waals surface area contributed by atoms with Crippen molar-refractivity contribution >= 4 is 28.7 Å². The first-order valence-electron chi connectivity index (χ1n) is 14.6. The summed E-state index contributed by atoms with van der Waals surface area (Å²) in [4.78, 5) is 27.7. The number of ether oxygens (including phenoxy) is 3. The number of urea groups is 1. The summed E-state index contributed by atoms with van der Waals surface area (Å²) in [5, 5.41) is 5.97. The number of likely N-dealkylation sites (N-methyl/N-ethyl adjacent to an activating group) is 1. The number of anilines is 2. The van der Waals surface area contributed by atoms with Gasteiger partial charge in [0.2, 0.25) is 5.72 Å². The zero-order chi connectivity index (χ0) is 29.9. The molecule has 226 valence electrons. The molecule has 2 amide bonds. The Hall–Kier alpha value is -3.32. The minimum Gasteiger partial charge on any atom is -0.382 e. The van der Waals surface area contributed by atoms with E-state index in [1.165, 1.54) is 11.9 Å². The van der Waals surface area contributed by atoms with Gasteiger partial charge in [0.05, 0.1) is 12.9 Å². The molecule has 42 heavy (non-hydrogen) atoms. The van der Waals surface area contributed by atoms with E-state index in [4.69, 9.17) is 19.9 Å². The highest BCUT2D eigenvalue weighted by atomic mass is 16.8. The van der Waals surface area contributed by atoms with E-state index >= 15 is 0 Å². The summed E-state index contributed by atoms with van der Waals surface area (Å²) >= 11 is 0. The Kier molecular flexibility index (Phi) is 7.16. The second-order valence-electron chi connectivity index (χ2n) is 13.4. The number of rotatable bonds is 7. The average Bonchev–Trinajstić information content (AvgIpc) is 3.54. The highest BCUT2D eigenvalue weighted by Crippen LogP contribution is 2.48. The first-order chi connectivity index (χ1) is 19.8. The Morgan fingerprint density at radius 3 is 2.62 bits per heavy atom. The molecule has 12 heteroatoms. The normalized spacial score (nSPS) is 28.5. The molecular weight excluding hydrogens is 536 g/mol. The van der Waals surface area contributed by atoms with Crippen LogP contribution in [0.5, 0.6) is 0 Å². The number of aromatic nitrogens is 4. The Morgan fingerprint density at radius 2 is 1.90 bits per heavy atom. The molecule has 0 bridgehead atoms. The van der Waals surface area contributed by atoms with E-state index in [0.29, 0.717) is 48.6 Å². The van der Waals surface area contributed by atoms with Gasteiger partial charge >= 0.3 is 6.03 Å². The van der Waals surface area contributed by atoms with Crippen molar-refractivity contribution in [1.29, 1.82) is 0 Å². The van der Waals surface area contributed by atoms with Gasteiger partial charge in [-0.25, -0.2) is 19.7 Å². The largest absolute Gasteiger partial charge is 0.382 e. The molecule has 1 aromatic carbocycles. The third-order valence-electron chi connectivity index (χ3n) is 8.75. The predicted molar refractivity (Wildman–Crippen MR) is 159 cm³/mol. The number of imidazole rings is 1. The minimum atomic E-state index is -0.906. The van der Waals surface area contributed by atoms with E-state index < -0.39 is 11.5 Å². The highest BCUT2D eigenvalue weighted by molar-refractivity contribution is 5.89. The predicted octanol–water partition coefficient (Wildman–Crippen LogP) is 3.44. The van der Waals surface area contributed by atoms with Gasteiger partial charge in [0.15, 0.2) is 17.3 Å². The summed E-state index contributed by atoms with van der Waals surface area (Å²) in [6, 6.07) is 8.25. The molecule has 1 saturated carbocycles. The smallest absolute Gasteiger partial charge is 0.319 e. The summed E-state index contributed by atoms with van der Waals surface area (Å²) < 4.78 is 21.1. The van der Waals surface area contributed by atoms with Gasteiger partial charge < -0.3 is 35.5 Å². The molecule has 3 fully saturated rings. The second kappa shape index (κ2) is 10.4. The quantitative estimate of drug-likeness (QED) is 0.384. The lowest BCUT2D eigenvalue weighted by atomic mass is 9.79. The van der Waals surface area contributed by atoms with Crippen molar-refractivity contribution in [2.75, 3.05) is 37.8 Å². The molecule has 3 aliphatic rings. The lowest BCUT2D eigenvalue weighted by molar-refractivity contribution is -0.205. The maximum Gasteiger partial charge on any atom is 0.319 e. The number of hydrogen-bond donors (Lipinski definition) is 3. The maximum absolute atomic E-state index is 12.5. The van der Waals surface area contributed by atoms with E-state index in [9.17, 15) is 4.79 Å². The number of nitrogen functional groups attached to an aromatic ring is 1. The Morgan fingerprint density at radius 1 is 1.17 bits per heavy atom. The van der Waals surface area contributed by atoms with Gasteiger partial charge in [-0.05, 0) is 62.8 Å². The SMILES string of the molecule is CN(C[C@H]1OC[C@@]2(n3cnc4c(N)ncnc43)OC(C)(C)O[C@H]12)C1CC(CNC(=O)Nc2ccc(C(C)(C)C)cc2)C1. The van der Waals surface area contributed by atoms with E-state index in [0.717, 1.165) is 18.5 Å². The van der Waals surface area contributed by atoms with Crippen LogP contribution < -0.4 is 16.4 Å². The number of nitrogens with zero attached hydrogens (tertiary/aromatic N) is 5. The second-order valence-corrected chi connectivity index (χ2v) is 13.4. The van der Waals surface area contributed by atoms with E-state index in [2.05, 4.69) is 70.4 Å². The number of hydrogen-bond acceptors (Lipinski definition) is 9. The fraction of sp³-hybridized carbons (Fsp3) is 0.600. The van der Waals surface area contributed by atoms with Crippen molar-refractivity contribution in [3.8, 4) is 0 Å². The van der Waals surface area contributed by atoms with Crippen LogP contribution in [-0.4, -0.2) is 81.2 Å². The van der Waals surface area contributed by atoms with Gasteiger partial charge in [-0.2, -0.15) is 0 Å². The monoisotopic (exact) mass is 578 g/mol. The topological polar surface area (TPSA) is 142 Å². The lowest BCUT2D eigenvalue weighted by Gasteiger charge is -2.42. The van der Waals surface area contributed by atoms with Gasteiger partial charge in [-0.15, -0.1) is 0 Å². The van der Waals surface area contributed by atoms with E-state index in [-0.39, 0.29) is 23.7 Å². The Labute approximate surface area is 246 Å². The van der Waals surface area contributed by atoms with Crippen LogP contribution in [-0.2, 0) is 25.4 Å². The average molecular weight is 579 g/mol. The first kappa shape index (κ1) is 28.8. The van der Waals surface area contributed by atoms with Crippen LogP contribution in [0.15, 0.2) is 36.9 Å². The Bertz CT molecular complexity index is 1450. The summed E-state index contributed by atoms with van der Waals surface area (Å²) in [7, 11) is 2.12. The molecule has 2 saturated heterocycles. The Balaban J connectivity index is 1.02. The molecule has 0 radical (unpaired) electrons. The number of benzene rings is 1. The first-order valence-corrected chi connectivity index (χ1v) is 14.6. The molecule has 1 aliphatic carbocycles. The number of carbonyl (C=O) groups is 1. The highest BCUT2D eigenvalue weighted by Gasteiger charge is 2.63. The van der Waals surface area contributed by atoms with Crippen molar-refractivity contribution in [1.82, 2.24) is 29.7 Å². The molecule has 0 unspecified atom stereocenters. The summed E-state index contributed by atoms with van der Waals surface area (Å²) in [5.74, 6) is -0.0491. The minimum absolute atomic E-state index is 0.0790.